The Kier molecular flexibility index (Phi) is 6.60. The number of carbonyl (C=O) groups is 1. The molecule has 0 saturated heterocycles. The highest BCUT2D eigenvalue weighted by molar-refractivity contribution is 9.10. The first kappa shape index (κ1) is 14.5. The number of unbranched alkanes of at least 4 members (excludes halogenated alkanes) is 3. The molecule has 94 valence electrons. The summed E-state index contributed by atoms with van der Waals surface area (Å²) in [5, 5.41) is 3.52. The van der Waals surface area contributed by atoms with Gasteiger partial charge in [-0.2, -0.15) is 0 Å². The molecular formula is C13H17BrClNO. The number of amides is 1. The molecule has 1 aromatic rings. The lowest BCUT2D eigenvalue weighted by Crippen LogP contribution is -2.11. The quantitative estimate of drug-likeness (QED) is 0.734. The SMILES string of the molecule is CCCCCCC(=O)Nc1ccc(Cl)cc1Br. The number of nitrogens with one attached hydrogen (secondary N) is 1. The molecule has 0 aliphatic carbocycles. The third-order valence-electron chi connectivity index (χ3n) is 2.46. The number of halogens is 2. The highest BCUT2D eigenvalue weighted by Gasteiger charge is 2.05. The molecule has 1 amide bonds. The van der Waals surface area contributed by atoms with Crippen molar-refractivity contribution < 1.29 is 4.79 Å². The van der Waals surface area contributed by atoms with Gasteiger partial charge in [0, 0.05) is 15.9 Å². The second kappa shape index (κ2) is 7.72. The molecule has 0 fully saturated rings. The van der Waals surface area contributed by atoms with Crippen LogP contribution in [0.25, 0.3) is 0 Å². The Labute approximate surface area is 116 Å². The minimum atomic E-state index is 0.0594. The Morgan fingerprint density at radius 2 is 2.12 bits per heavy atom. The van der Waals surface area contributed by atoms with Gasteiger partial charge in [-0.05, 0) is 40.5 Å². The molecule has 1 N–H and O–H groups in total. The maximum Gasteiger partial charge on any atom is 0.224 e. The molecule has 0 aromatic heterocycles. The van der Waals surface area contributed by atoms with Gasteiger partial charge >= 0.3 is 0 Å². The largest absolute Gasteiger partial charge is 0.325 e. The zero-order chi connectivity index (χ0) is 12.7. The van der Waals surface area contributed by atoms with Crippen molar-refractivity contribution in [2.75, 3.05) is 5.32 Å². The first-order valence-corrected chi connectivity index (χ1v) is 7.05. The van der Waals surface area contributed by atoms with Gasteiger partial charge in [0.05, 0.1) is 5.69 Å². The van der Waals surface area contributed by atoms with Crippen LogP contribution in [0.3, 0.4) is 0 Å². The molecule has 0 bridgehead atoms. The number of carbonyl (C=O) groups excluding carboxylic acids is 1. The van der Waals surface area contributed by atoms with Crippen molar-refractivity contribution in [3.63, 3.8) is 0 Å². The molecule has 1 aromatic carbocycles. The molecule has 0 radical (unpaired) electrons. The topological polar surface area (TPSA) is 29.1 Å². The lowest BCUT2D eigenvalue weighted by Gasteiger charge is -2.07. The van der Waals surface area contributed by atoms with Gasteiger partial charge in [-0.1, -0.05) is 37.8 Å². The van der Waals surface area contributed by atoms with Crippen molar-refractivity contribution >= 4 is 39.1 Å². The van der Waals surface area contributed by atoms with Crippen molar-refractivity contribution in [1.29, 1.82) is 0 Å². The third kappa shape index (κ3) is 5.55. The summed E-state index contributed by atoms with van der Waals surface area (Å²) in [5.41, 5.74) is 0.773. The standard InChI is InChI=1S/C13H17BrClNO/c1-2-3-4-5-6-13(17)16-12-8-7-10(15)9-11(12)14/h7-9H,2-6H2,1H3,(H,16,17). The maximum atomic E-state index is 11.6. The minimum Gasteiger partial charge on any atom is -0.325 e. The van der Waals surface area contributed by atoms with Gasteiger partial charge < -0.3 is 5.32 Å². The van der Waals surface area contributed by atoms with Crippen LogP contribution in [0.15, 0.2) is 22.7 Å². The van der Waals surface area contributed by atoms with Gasteiger partial charge in [0.25, 0.3) is 0 Å². The second-order valence-electron chi connectivity index (χ2n) is 3.98. The first-order chi connectivity index (χ1) is 8.13. The zero-order valence-electron chi connectivity index (χ0n) is 9.93. The van der Waals surface area contributed by atoms with Crippen LogP contribution in [0, 0.1) is 0 Å². The van der Waals surface area contributed by atoms with E-state index in [9.17, 15) is 4.79 Å². The first-order valence-electron chi connectivity index (χ1n) is 5.88. The van der Waals surface area contributed by atoms with Crippen molar-refractivity contribution in [2.45, 2.75) is 39.0 Å². The summed E-state index contributed by atoms with van der Waals surface area (Å²) in [6.07, 6.45) is 5.02. The van der Waals surface area contributed by atoms with Gasteiger partial charge in [-0.3, -0.25) is 4.79 Å². The van der Waals surface area contributed by atoms with Gasteiger partial charge in [-0.25, -0.2) is 0 Å². The predicted octanol–water partition coefficient (Wildman–Crippen LogP) is 5.01. The van der Waals surface area contributed by atoms with E-state index in [1.165, 1.54) is 12.8 Å². The molecule has 4 heteroatoms. The van der Waals surface area contributed by atoms with Crippen LogP contribution < -0.4 is 5.32 Å². The second-order valence-corrected chi connectivity index (χ2v) is 5.27. The molecule has 0 atom stereocenters. The molecule has 17 heavy (non-hydrogen) atoms. The molecule has 0 unspecified atom stereocenters. The molecule has 0 aliphatic rings. The minimum absolute atomic E-state index is 0.0594. The Morgan fingerprint density at radius 3 is 2.76 bits per heavy atom. The summed E-state index contributed by atoms with van der Waals surface area (Å²) in [4.78, 5) is 11.6. The van der Waals surface area contributed by atoms with E-state index in [1.807, 2.05) is 0 Å². The van der Waals surface area contributed by atoms with E-state index in [0.717, 1.165) is 23.0 Å². The average molecular weight is 319 g/mol. The number of benzene rings is 1. The Hall–Kier alpha value is -0.540. The van der Waals surface area contributed by atoms with E-state index in [4.69, 9.17) is 11.6 Å². The Balaban J connectivity index is 2.40. The van der Waals surface area contributed by atoms with Crippen molar-refractivity contribution in [2.24, 2.45) is 0 Å². The number of hydrogen-bond acceptors (Lipinski definition) is 1. The predicted molar refractivity (Wildman–Crippen MR) is 76.5 cm³/mol. The van der Waals surface area contributed by atoms with Gasteiger partial charge in [0.1, 0.15) is 0 Å². The number of hydrogen-bond donors (Lipinski definition) is 1. The molecule has 0 heterocycles. The maximum absolute atomic E-state index is 11.6. The highest BCUT2D eigenvalue weighted by atomic mass is 79.9. The lowest BCUT2D eigenvalue weighted by molar-refractivity contribution is -0.116. The number of rotatable bonds is 6. The lowest BCUT2D eigenvalue weighted by atomic mass is 10.1. The average Bonchev–Trinajstić information content (AvgIpc) is 2.28. The Morgan fingerprint density at radius 1 is 1.35 bits per heavy atom. The van der Waals surface area contributed by atoms with Gasteiger partial charge in [0.2, 0.25) is 5.91 Å². The zero-order valence-corrected chi connectivity index (χ0v) is 12.3. The summed E-state index contributed by atoms with van der Waals surface area (Å²) in [7, 11) is 0. The molecule has 1 rings (SSSR count). The third-order valence-corrected chi connectivity index (χ3v) is 3.35. The van der Waals surface area contributed by atoms with Crippen LogP contribution >= 0.6 is 27.5 Å². The molecule has 0 saturated carbocycles. The van der Waals surface area contributed by atoms with E-state index < -0.39 is 0 Å². The Bertz CT molecular complexity index is 382. The summed E-state index contributed by atoms with van der Waals surface area (Å²) >= 11 is 9.20. The summed E-state index contributed by atoms with van der Waals surface area (Å²) in [6.45, 7) is 2.16. The van der Waals surface area contributed by atoms with E-state index in [0.29, 0.717) is 11.4 Å². The van der Waals surface area contributed by atoms with Gasteiger partial charge in [-0.15, -0.1) is 0 Å². The van der Waals surface area contributed by atoms with E-state index in [1.54, 1.807) is 18.2 Å². The van der Waals surface area contributed by atoms with E-state index in [2.05, 4.69) is 28.2 Å². The van der Waals surface area contributed by atoms with Crippen LogP contribution in [0.1, 0.15) is 39.0 Å². The van der Waals surface area contributed by atoms with Crippen LogP contribution in [-0.2, 0) is 4.79 Å². The van der Waals surface area contributed by atoms with Crippen LogP contribution in [0.5, 0.6) is 0 Å². The summed E-state index contributed by atoms with van der Waals surface area (Å²) in [5.74, 6) is 0.0594. The van der Waals surface area contributed by atoms with Crippen molar-refractivity contribution in [3.8, 4) is 0 Å². The fourth-order valence-corrected chi connectivity index (χ4v) is 2.30. The van der Waals surface area contributed by atoms with Crippen molar-refractivity contribution in [3.05, 3.63) is 27.7 Å². The van der Waals surface area contributed by atoms with Crippen molar-refractivity contribution in [1.82, 2.24) is 0 Å². The molecule has 0 spiro atoms. The fraction of sp³-hybridized carbons (Fsp3) is 0.462. The highest BCUT2D eigenvalue weighted by Crippen LogP contribution is 2.26. The molecular weight excluding hydrogens is 302 g/mol. The fourth-order valence-electron chi connectivity index (χ4n) is 1.52. The smallest absolute Gasteiger partial charge is 0.224 e. The monoisotopic (exact) mass is 317 g/mol. The molecule has 0 aliphatic heterocycles. The summed E-state index contributed by atoms with van der Waals surface area (Å²) in [6, 6.07) is 5.34. The normalized spacial score (nSPS) is 10.3. The van der Waals surface area contributed by atoms with Crippen LogP contribution in [0.2, 0.25) is 5.02 Å². The van der Waals surface area contributed by atoms with E-state index >= 15 is 0 Å². The molecule has 2 nitrogen and oxygen atoms in total. The number of anilines is 1. The van der Waals surface area contributed by atoms with Gasteiger partial charge in [0.15, 0.2) is 0 Å². The summed E-state index contributed by atoms with van der Waals surface area (Å²) < 4.78 is 0.812. The van der Waals surface area contributed by atoms with Crippen LogP contribution in [-0.4, -0.2) is 5.91 Å². The van der Waals surface area contributed by atoms with E-state index in [-0.39, 0.29) is 5.91 Å². The van der Waals surface area contributed by atoms with Crippen LogP contribution in [0.4, 0.5) is 5.69 Å².